The van der Waals surface area contributed by atoms with Crippen LogP contribution in [0.3, 0.4) is 0 Å². The van der Waals surface area contributed by atoms with Crippen molar-refractivity contribution in [1.29, 1.82) is 0 Å². The Hall–Kier alpha value is -3.56. The molecule has 0 atom stereocenters. The molecular weight excluding hydrogens is 490 g/mol. The Morgan fingerprint density at radius 2 is 1.84 bits per heavy atom. The van der Waals surface area contributed by atoms with E-state index in [2.05, 4.69) is 4.57 Å². The first-order valence-corrected chi connectivity index (χ1v) is 13.2. The Morgan fingerprint density at radius 3 is 2.62 bits per heavy atom. The van der Waals surface area contributed by atoms with E-state index in [1.807, 2.05) is 61.7 Å². The molecule has 0 unspecified atom stereocenters. The third-order valence-electron chi connectivity index (χ3n) is 6.47. The first-order valence-electron chi connectivity index (χ1n) is 12.4. The predicted octanol–water partition coefficient (Wildman–Crippen LogP) is 4.31. The SMILES string of the molecule is Cc1ccc(OCCCn2cc(/C=C3\SC(=O)N(CC(=O)N4CCOCC4)C3=O)c3ccccc32)cc1. The highest BCUT2D eigenvalue weighted by molar-refractivity contribution is 8.18. The smallest absolute Gasteiger partial charge is 0.294 e. The van der Waals surface area contributed by atoms with Gasteiger partial charge in [-0.3, -0.25) is 19.3 Å². The van der Waals surface area contributed by atoms with Crippen LogP contribution >= 0.6 is 11.8 Å². The third-order valence-corrected chi connectivity index (χ3v) is 7.38. The second-order valence-electron chi connectivity index (χ2n) is 9.07. The van der Waals surface area contributed by atoms with E-state index < -0.39 is 11.1 Å². The summed E-state index contributed by atoms with van der Waals surface area (Å²) in [6, 6.07) is 16.0. The van der Waals surface area contributed by atoms with Crippen molar-refractivity contribution in [3.8, 4) is 5.75 Å². The molecule has 8 nitrogen and oxygen atoms in total. The lowest BCUT2D eigenvalue weighted by molar-refractivity contribution is -0.139. The first-order chi connectivity index (χ1) is 18.0. The fourth-order valence-corrected chi connectivity index (χ4v) is 5.29. The van der Waals surface area contributed by atoms with Gasteiger partial charge in [-0.1, -0.05) is 35.9 Å². The largest absolute Gasteiger partial charge is 0.494 e. The molecule has 37 heavy (non-hydrogen) atoms. The second-order valence-corrected chi connectivity index (χ2v) is 10.1. The summed E-state index contributed by atoms with van der Waals surface area (Å²) in [6.45, 7) is 5.01. The molecule has 2 aliphatic heterocycles. The molecule has 0 saturated carbocycles. The number of amides is 3. The minimum absolute atomic E-state index is 0.240. The van der Waals surface area contributed by atoms with Gasteiger partial charge in [-0.25, -0.2) is 0 Å². The van der Waals surface area contributed by atoms with Gasteiger partial charge < -0.3 is 18.9 Å². The summed E-state index contributed by atoms with van der Waals surface area (Å²) in [7, 11) is 0. The summed E-state index contributed by atoms with van der Waals surface area (Å²) in [5, 5.41) is 0.577. The molecule has 0 bridgehead atoms. The van der Waals surface area contributed by atoms with Crippen molar-refractivity contribution < 1.29 is 23.9 Å². The van der Waals surface area contributed by atoms with Crippen LogP contribution in [-0.4, -0.2) is 70.9 Å². The zero-order valence-electron chi connectivity index (χ0n) is 20.7. The van der Waals surface area contributed by atoms with Crippen molar-refractivity contribution in [2.24, 2.45) is 0 Å². The number of benzene rings is 2. The Kier molecular flexibility index (Phi) is 7.62. The van der Waals surface area contributed by atoms with Crippen molar-refractivity contribution in [3.05, 3.63) is 70.8 Å². The number of aryl methyl sites for hydroxylation is 2. The van der Waals surface area contributed by atoms with E-state index in [1.54, 1.807) is 11.0 Å². The van der Waals surface area contributed by atoms with E-state index in [0.29, 0.717) is 37.8 Å². The first kappa shape index (κ1) is 25.1. The lowest BCUT2D eigenvalue weighted by atomic mass is 10.1. The molecule has 0 aliphatic carbocycles. The van der Waals surface area contributed by atoms with Crippen LogP contribution in [0.4, 0.5) is 4.79 Å². The molecule has 2 aliphatic rings. The molecule has 1 aromatic heterocycles. The third kappa shape index (κ3) is 5.73. The van der Waals surface area contributed by atoms with Crippen LogP contribution in [-0.2, 0) is 20.9 Å². The topological polar surface area (TPSA) is 81.1 Å². The average molecular weight is 520 g/mol. The van der Waals surface area contributed by atoms with E-state index >= 15 is 0 Å². The summed E-state index contributed by atoms with van der Waals surface area (Å²) in [5.41, 5.74) is 3.10. The number of nitrogens with zero attached hydrogens (tertiary/aromatic N) is 3. The van der Waals surface area contributed by atoms with Gasteiger partial charge in [0, 0.05) is 42.3 Å². The van der Waals surface area contributed by atoms with E-state index in [1.165, 1.54) is 5.56 Å². The fraction of sp³-hybridized carbons (Fsp3) is 0.321. The van der Waals surface area contributed by atoms with E-state index in [0.717, 1.165) is 51.8 Å². The van der Waals surface area contributed by atoms with Crippen LogP contribution in [0.5, 0.6) is 5.75 Å². The van der Waals surface area contributed by atoms with Crippen LogP contribution in [0.2, 0.25) is 0 Å². The zero-order chi connectivity index (χ0) is 25.8. The number of aromatic nitrogens is 1. The van der Waals surface area contributed by atoms with Gasteiger partial charge in [0.05, 0.1) is 24.7 Å². The summed E-state index contributed by atoms with van der Waals surface area (Å²) in [4.78, 5) is 41.2. The van der Waals surface area contributed by atoms with Gasteiger partial charge in [0.25, 0.3) is 11.1 Å². The van der Waals surface area contributed by atoms with Gasteiger partial charge in [-0.15, -0.1) is 0 Å². The van der Waals surface area contributed by atoms with Crippen LogP contribution in [0.25, 0.3) is 17.0 Å². The molecule has 0 spiro atoms. The van der Waals surface area contributed by atoms with Crippen LogP contribution in [0, 0.1) is 6.92 Å². The minimum atomic E-state index is -0.431. The van der Waals surface area contributed by atoms with Crippen molar-refractivity contribution in [1.82, 2.24) is 14.4 Å². The van der Waals surface area contributed by atoms with E-state index in [9.17, 15) is 14.4 Å². The Labute approximate surface area is 219 Å². The Bertz CT molecular complexity index is 1340. The number of hydrogen-bond acceptors (Lipinski definition) is 6. The molecule has 9 heteroatoms. The van der Waals surface area contributed by atoms with Gasteiger partial charge in [0.15, 0.2) is 0 Å². The summed E-state index contributed by atoms with van der Waals surface area (Å²) in [5.74, 6) is 0.183. The van der Waals surface area contributed by atoms with Crippen LogP contribution < -0.4 is 4.74 Å². The fourth-order valence-electron chi connectivity index (χ4n) is 4.46. The summed E-state index contributed by atoms with van der Waals surface area (Å²) < 4.78 is 13.3. The minimum Gasteiger partial charge on any atom is -0.494 e. The maximum absolute atomic E-state index is 13.0. The number of para-hydroxylation sites is 1. The molecule has 192 valence electrons. The number of imide groups is 1. The Balaban J connectivity index is 1.27. The van der Waals surface area contributed by atoms with Gasteiger partial charge in [0.2, 0.25) is 5.91 Å². The highest BCUT2D eigenvalue weighted by Crippen LogP contribution is 2.34. The maximum Gasteiger partial charge on any atom is 0.294 e. The van der Waals surface area contributed by atoms with Crippen molar-refractivity contribution in [2.75, 3.05) is 39.5 Å². The van der Waals surface area contributed by atoms with E-state index in [4.69, 9.17) is 9.47 Å². The lowest BCUT2D eigenvalue weighted by Gasteiger charge is -2.28. The lowest BCUT2D eigenvalue weighted by Crippen LogP contribution is -2.46. The molecule has 3 aromatic rings. The summed E-state index contributed by atoms with van der Waals surface area (Å²) >= 11 is 0.877. The molecule has 2 fully saturated rings. The number of carbonyl (C=O) groups excluding carboxylic acids is 3. The monoisotopic (exact) mass is 519 g/mol. The molecular formula is C28H29N3O5S. The van der Waals surface area contributed by atoms with Crippen molar-refractivity contribution in [3.63, 3.8) is 0 Å². The quantitative estimate of drug-likeness (QED) is 0.326. The molecule has 3 amide bonds. The predicted molar refractivity (Wildman–Crippen MR) is 143 cm³/mol. The van der Waals surface area contributed by atoms with Gasteiger partial charge in [-0.2, -0.15) is 0 Å². The number of carbonyl (C=O) groups is 3. The van der Waals surface area contributed by atoms with Gasteiger partial charge in [-0.05, 0) is 49.4 Å². The van der Waals surface area contributed by atoms with Gasteiger partial charge in [0.1, 0.15) is 12.3 Å². The second kappa shape index (κ2) is 11.2. The molecule has 3 heterocycles. The molecule has 2 saturated heterocycles. The Morgan fingerprint density at radius 1 is 1.08 bits per heavy atom. The van der Waals surface area contributed by atoms with Crippen LogP contribution in [0.1, 0.15) is 17.5 Å². The van der Waals surface area contributed by atoms with Crippen molar-refractivity contribution >= 4 is 45.8 Å². The number of hydrogen-bond donors (Lipinski definition) is 0. The van der Waals surface area contributed by atoms with Gasteiger partial charge >= 0.3 is 0 Å². The number of rotatable bonds is 8. The molecule has 2 aromatic carbocycles. The highest BCUT2D eigenvalue weighted by Gasteiger charge is 2.37. The number of fused-ring (bicyclic) bond motifs is 1. The zero-order valence-corrected chi connectivity index (χ0v) is 21.5. The number of thioether (sulfide) groups is 1. The maximum atomic E-state index is 13.0. The normalized spacial score (nSPS) is 17.3. The standard InChI is InChI=1S/C28H29N3O5S/c1-20-7-9-22(10-8-20)36-14-4-11-30-18-21(23-5-2-3-6-24(23)30)17-25-27(33)31(28(34)37-25)19-26(32)29-12-15-35-16-13-29/h2-3,5-10,17-18H,4,11-16,19H2,1H3/b25-17-. The van der Waals surface area contributed by atoms with Crippen molar-refractivity contribution in [2.45, 2.75) is 19.9 Å². The highest BCUT2D eigenvalue weighted by atomic mass is 32.2. The van der Waals surface area contributed by atoms with Crippen LogP contribution in [0.15, 0.2) is 59.6 Å². The molecule has 5 rings (SSSR count). The molecule has 0 N–H and O–H groups in total. The van der Waals surface area contributed by atoms with E-state index in [-0.39, 0.29) is 12.5 Å². The molecule has 0 radical (unpaired) electrons. The average Bonchev–Trinajstić information content (AvgIpc) is 3.40. The number of ether oxygens (including phenoxy) is 2. The summed E-state index contributed by atoms with van der Waals surface area (Å²) in [6.07, 6.45) is 4.57. The number of morpholine rings is 1.